The number of anilines is 1. The molecular weight excluding hydrogens is 272 g/mol. The van der Waals surface area contributed by atoms with Gasteiger partial charge in [0.15, 0.2) is 0 Å². The normalized spacial score (nSPS) is 12.3. The number of hydrogen-bond acceptors (Lipinski definition) is 3. The summed E-state index contributed by atoms with van der Waals surface area (Å²) in [6, 6.07) is 8.03. The maximum atomic E-state index is 5.81. The molecule has 0 saturated carbocycles. The highest BCUT2D eigenvalue weighted by molar-refractivity contribution is 6.18. The molecule has 0 fully saturated rings. The van der Waals surface area contributed by atoms with Crippen LogP contribution in [-0.4, -0.2) is 24.5 Å². The van der Waals surface area contributed by atoms with Gasteiger partial charge in [-0.1, -0.05) is 6.92 Å². The zero-order valence-electron chi connectivity index (χ0n) is 12.0. The van der Waals surface area contributed by atoms with Crippen LogP contribution in [0.25, 0.3) is 10.8 Å². The number of hydrogen-bond donors (Lipinski definition) is 1. The molecule has 1 aromatic heterocycles. The minimum absolute atomic E-state index is 0.572. The molecular formula is C16H21ClN2O. The van der Waals surface area contributed by atoms with Gasteiger partial charge in [0.05, 0.1) is 7.11 Å². The first-order chi connectivity index (χ1) is 9.74. The van der Waals surface area contributed by atoms with Crippen LogP contribution in [0.1, 0.15) is 19.8 Å². The topological polar surface area (TPSA) is 34.1 Å². The van der Waals surface area contributed by atoms with Crippen molar-refractivity contribution in [2.75, 3.05) is 24.9 Å². The number of nitrogens with one attached hydrogen (secondary N) is 1. The molecule has 0 aliphatic carbocycles. The second-order valence-electron chi connectivity index (χ2n) is 5.08. The first kappa shape index (κ1) is 14.9. The van der Waals surface area contributed by atoms with Crippen molar-refractivity contribution in [3.05, 3.63) is 30.5 Å². The molecule has 3 nitrogen and oxygen atoms in total. The van der Waals surface area contributed by atoms with Crippen molar-refractivity contribution in [3.63, 3.8) is 0 Å². The summed E-state index contributed by atoms with van der Waals surface area (Å²) in [4.78, 5) is 4.42. The molecule has 0 radical (unpaired) electrons. The number of aromatic nitrogens is 1. The Morgan fingerprint density at radius 1 is 1.35 bits per heavy atom. The van der Waals surface area contributed by atoms with Gasteiger partial charge >= 0.3 is 0 Å². The van der Waals surface area contributed by atoms with Crippen molar-refractivity contribution >= 4 is 28.2 Å². The summed E-state index contributed by atoms with van der Waals surface area (Å²) < 4.78 is 5.25. The Hall–Kier alpha value is -1.48. The summed E-state index contributed by atoms with van der Waals surface area (Å²) in [7, 11) is 1.68. The highest BCUT2D eigenvalue weighted by atomic mass is 35.5. The Bertz CT molecular complexity index is 559. The summed E-state index contributed by atoms with van der Waals surface area (Å²) in [5, 5.41) is 5.67. The van der Waals surface area contributed by atoms with Gasteiger partial charge in [-0.25, -0.2) is 4.98 Å². The molecule has 108 valence electrons. The molecule has 0 aliphatic rings. The molecule has 1 atom stereocenters. The number of fused-ring (bicyclic) bond motifs is 1. The fraction of sp³-hybridized carbons (Fsp3) is 0.438. The lowest BCUT2D eigenvalue weighted by molar-refractivity contribution is 0.415. The maximum absolute atomic E-state index is 5.81. The minimum Gasteiger partial charge on any atom is -0.497 e. The number of methoxy groups -OCH3 is 1. The van der Waals surface area contributed by atoms with E-state index in [1.54, 1.807) is 7.11 Å². The number of nitrogens with zero attached hydrogens (tertiary/aromatic N) is 1. The van der Waals surface area contributed by atoms with Crippen LogP contribution in [-0.2, 0) is 0 Å². The minimum atomic E-state index is 0.572. The van der Waals surface area contributed by atoms with E-state index in [-0.39, 0.29) is 0 Å². The van der Waals surface area contributed by atoms with Crippen LogP contribution in [0.3, 0.4) is 0 Å². The van der Waals surface area contributed by atoms with E-state index in [0.29, 0.717) is 5.92 Å². The van der Waals surface area contributed by atoms with Gasteiger partial charge < -0.3 is 10.1 Å². The average Bonchev–Trinajstić information content (AvgIpc) is 2.50. The van der Waals surface area contributed by atoms with Crippen LogP contribution in [0.5, 0.6) is 5.75 Å². The van der Waals surface area contributed by atoms with Crippen molar-refractivity contribution in [2.45, 2.75) is 19.8 Å². The molecule has 20 heavy (non-hydrogen) atoms. The lowest BCUT2D eigenvalue weighted by Gasteiger charge is -2.11. The number of ether oxygens (including phenoxy) is 1. The van der Waals surface area contributed by atoms with E-state index in [4.69, 9.17) is 16.3 Å². The van der Waals surface area contributed by atoms with Crippen LogP contribution in [0.4, 0.5) is 5.82 Å². The van der Waals surface area contributed by atoms with E-state index < -0.39 is 0 Å². The Kier molecular flexibility index (Phi) is 5.48. The van der Waals surface area contributed by atoms with Crippen molar-refractivity contribution in [3.8, 4) is 5.75 Å². The van der Waals surface area contributed by atoms with Crippen LogP contribution in [0, 0.1) is 5.92 Å². The Labute approximate surface area is 125 Å². The molecule has 1 heterocycles. The molecule has 2 aromatic rings. The molecule has 2 rings (SSSR count). The summed E-state index contributed by atoms with van der Waals surface area (Å²) in [5.74, 6) is 3.10. The molecule has 0 amide bonds. The van der Waals surface area contributed by atoms with Crippen molar-refractivity contribution < 1.29 is 4.74 Å². The largest absolute Gasteiger partial charge is 0.497 e. The Morgan fingerprint density at radius 2 is 2.20 bits per heavy atom. The summed E-state index contributed by atoms with van der Waals surface area (Å²) in [5.41, 5.74) is 0. The van der Waals surface area contributed by atoms with Crippen molar-refractivity contribution in [1.82, 2.24) is 4.98 Å². The van der Waals surface area contributed by atoms with E-state index in [1.165, 1.54) is 0 Å². The molecule has 1 N–H and O–H groups in total. The van der Waals surface area contributed by atoms with Crippen LogP contribution in [0.2, 0.25) is 0 Å². The predicted molar refractivity (Wildman–Crippen MR) is 85.9 cm³/mol. The monoisotopic (exact) mass is 292 g/mol. The first-order valence-corrected chi connectivity index (χ1v) is 7.50. The van der Waals surface area contributed by atoms with Gasteiger partial charge in [-0.05, 0) is 48.4 Å². The molecule has 0 aliphatic heterocycles. The summed E-state index contributed by atoms with van der Waals surface area (Å²) in [6.07, 6.45) is 4.06. The van der Waals surface area contributed by atoms with Gasteiger partial charge in [-0.15, -0.1) is 11.6 Å². The number of alkyl halides is 1. The van der Waals surface area contributed by atoms with Gasteiger partial charge in [-0.3, -0.25) is 0 Å². The Balaban J connectivity index is 2.03. The van der Waals surface area contributed by atoms with Gasteiger partial charge in [0.25, 0.3) is 0 Å². The molecule has 0 saturated heterocycles. The molecule has 1 aromatic carbocycles. The zero-order chi connectivity index (χ0) is 14.4. The third-order valence-electron chi connectivity index (χ3n) is 3.40. The van der Waals surface area contributed by atoms with E-state index >= 15 is 0 Å². The van der Waals surface area contributed by atoms with E-state index in [0.717, 1.165) is 47.6 Å². The molecule has 1 unspecified atom stereocenters. The molecule has 4 heteroatoms. The quantitative estimate of drug-likeness (QED) is 0.610. The fourth-order valence-electron chi connectivity index (χ4n) is 2.16. The lowest BCUT2D eigenvalue weighted by atomic mass is 10.1. The highest BCUT2D eigenvalue weighted by Gasteiger charge is 2.04. The van der Waals surface area contributed by atoms with Gasteiger partial charge in [0.2, 0.25) is 0 Å². The van der Waals surface area contributed by atoms with E-state index in [2.05, 4.69) is 17.2 Å². The number of rotatable bonds is 7. The lowest BCUT2D eigenvalue weighted by Crippen LogP contribution is -2.06. The summed E-state index contributed by atoms with van der Waals surface area (Å²) in [6.45, 7) is 3.09. The number of benzene rings is 1. The van der Waals surface area contributed by atoms with Gasteiger partial charge in [0, 0.05) is 24.0 Å². The standard InChI is InChI=1S/C16H21ClN2O/c1-12(11-17)4-3-8-18-16-15-6-5-14(20-2)10-13(15)7-9-19-16/h5-7,9-10,12H,3-4,8,11H2,1-2H3,(H,18,19). The second kappa shape index (κ2) is 7.34. The summed E-state index contributed by atoms with van der Waals surface area (Å²) >= 11 is 5.81. The SMILES string of the molecule is COc1ccc2c(NCCCC(C)CCl)nccc2c1. The first-order valence-electron chi connectivity index (χ1n) is 6.97. The van der Waals surface area contributed by atoms with Crippen molar-refractivity contribution in [2.24, 2.45) is 5.92 Å². The third-order valence-corrected chi connectivity index (χ3v) is 3.93. The van der Waals surface area contributed by atoms with Crippen LogP contribution < -0.4 is 10.1 Å². The predicted octanol–water partition coefficient (Wildman–Crippen LogP) is 4.31. The molecule has 0 bridgehead atoms. The smallest absolute Gasteiger partial charge is 0.133 e. The van der Waals surface area contributed by atoms with Crippen molar-refractivity contribution in [1.29, 1.82) is 0 Å². The fourth-order valence-corrected chi connectivity index (χ4v) is 2.31. The molecule has 0 spiro atoms. The van der Waals surface area contributed by atoms with Gasteiger partial charge in [-0.2, -0.15) is 0 Å². The van der Waals surface area contributed by atoms with Crippen LogP contribution in [0.15, 0.2) is 30.5 Å². The number of pyridine rings is 1. The number of halogens is 1. The Morgan fingerprint density at radius 3 is 2.95 bits per heavy atom. The third kappa shape index (κ3) is 3.76. The van der Waals surface area contributed by atoms with Gasteiger partial charge in [0.1, 0.15) is 11.6 Å². The van der Waals surface area contributed by atoms with E-state index in [9.17, 15) is 0 Å². The van der Waals surface area contributed by atoms with E-state index in [1.807, 2.05) is 30.5 Å². The maximum Gasteiger partial charge on any atom is 0.133 e. The second-order valence-corrected chi connectivity index (χ2v) is 5.38. The highest BCUT2D eigenvalue weighted by Crippen LogP contribution is 2.25. The zero-order valence-corrected chi connectivity index (χ0v) is 12.8. The van der Waals surface area contributed by atoms with Crippen LogP contribution >= 0.6 is 11.6 Å². The average molecular weight is 293 g/mol.